The molecule has 7 nitrogen and oxygen atoms in total. The molecule has 21 heavy (non-hydrogen) atoms. The summed E-state index contributed by atoms with van der Waals surface area (Å²) in [5.41, 5.74) is 1.79. The van der Waals surface area contributed by atoms with Crippen LogP contribution in [-0.2, 0) is 16.1 Å². The lowest BCUT2D eigenvalue weighted by Crippen LogP contribution is -2.31. The molecule has 0 amide bonds. The molecule has 0 aliphatic rings. The van der Waals surface area contributed by atoms with Gasteiger partial charge < -0.3 is 4.74 Å². The maximum atomic E-state index is 11.4. The van der Waals surface area contributed by atoms with Crippen LogP contribution in [0.2, 0.25) is 0 Å². The third-order valence-electron chi connectivity index (χ3n) is 3.25. The Balaban J connectivity index is 3.01. The van der Waals surface area contributed by atoms with Crippen molar-refractivity contribution in [1.82, 2.24) is 9.88 Å². The molecular weight excluding hydrogens is 274 g/mol. The summed E-state index contributed by atoms with van der Waals surface area (Å²) < 4.78 is 4.67. The van der Waals surface area contributed by atoms with Gasteiger partial charge in [0.1, 0.15) is 0 Å². The monoisotopic (exact) mass is 295 g/mol. The summed E-state index contributed by atoms with van der Waals surface area (Å²) >= 11 is 0. The molecule has 0 fully saturated rings. The number of nitrogens with zero attached hydrogens (tertiary/aromatic N) is 3. The van der Waals surface area contributed by atoms with Crippen molar-refractivity contribution >= 4 is 11.7 Å². The maximum Gasteiger partial charge on any atom is 0.319 e. The molecule has 0 aliphatic heterocycles. The molecule has 0 spiro atoms. The van der Waals surface area contributed by atoms with Crippen molar-refractivity contribution in [3.63, 3.8) is 0 Å². The Morgan fingerprint density at radius 3 is 2.67 bits per heavy atom. The Morgan fingerprint density at radius 1 is 1.48 bits per heavy atom. The molecule has 7 heteroatoms. The number of aromatic nitrogens is 1. The fourth-order valence-corrected chi connectivity index (χ4v) is 2.19. The summed E-state index contributed by atoms with van der Waals surface area (Å²) in [7, 11) is 1.34. The number of ether oxygens (including phenoxy) is 1. The minimum Gasteiger partial charge on any atom is -0.468 e. The van der Waals surface area contributed by atoms with Gasteiger partial charge in [0, 0.05) is 23.9 Å². The van der Waals surface area contributed by atoms with E-state index in [0.29, 0.717) is 29.9 Å². The zero-order valence-corrected chi connectivity index (χ0v) is 12.9. The Bertz CT molecular complexity index is 531. The Kier molecular flexibility index (Phi) is 6.23. The van der Waals surface area contributed by atoms with Gasteiger partial charge in [0.15, 0.2) is 0 Å². The van der Waals surface area contributed by atoms with Crippen LogP contribution < -0.4 is 0 Å². The van der Waals surface area contributed by atoms with Crippen LogP contribution in [-0.4, -0.2) is 41.0 Å². The number of rotatable bonds is 7. The second-order valence-corrected chi connectivity index (χ2v) is 4.91. The van der Waals surface area contributed by atoms with Gasteiger partial charge in [-0.15, -0.1) is 0 Å². The van der Waals surface area contributed by atoms with Crippen molar-refractivity contribution in [2.75, 3.05) is 20.2 Å². The van der Waals surface area contributed by atoms with Gasteiger partial charge in [-0.3, -0.25) is 24.8 Å². The highest BCUT2D eigenvalue weighted by molar-refractivity contribution is 5.71. The number of carbonyl (C=O) groups is 1. The fraction of sp³-hybridized carbons (Fsp3) is 0.571. The van der Waals surface area contributed by atoms with Crippen molar-refractivity contribution in [2.45, 2.75) is 33.7 Å². The van der Waals surface area contributed by atoms with E-state index in [1.165, 1.54) is 13.3 Å². The van der Waals surface area contributed by atoms with E-state index in [2.05, 4.69) is 9.72 Å². The third kappa shape index (κ3) is 4.49. The number of hydrogen-bond donors (Lipinski definition) is 0. The van der Waals surface area contributed by atoms with Crippen LogP contribution >= 0.6 is 0 Å². The third-order valence-corrected chi connectivity index (χ3v) is 3.25. The fourth-order valence-electron chi connectivity index (χ4n) is 2.19. The van der Waals surface area contributed by atoms with Gasteiger partial charge in [-0.2, -0.15) is 0 Å². The first-order chi connectivity index (χ1) is 9.90. The van der Waals surface area contributed by atoms with Crippen molar-refractivity contribution in [3.05, 3.63) is 33.1 Å². The molecular formula is C14H21N3O4. The van der Waals surface area contributed by atoms with Gasteiger partial charge >= 0.3 is 5.97 Å². The molecule has 116 valence electrons. The first-order valence-corrected chi connectivity index (χ1v) is 6.79. The smallest absolute Gasteiger partial charge is 0.319 e. The average Bonchev–Trinajstić information content (AvgIpc) is 2.41. The summed E-state index contributed by atoms with van der Waals surface area (Å²) in [6.07, 6.45) is 2.37. The largest absolute Gasteiger partial charge is 0.468 e. The van der Waals surface area contributed by atoms with E-state index in [9.17, 15) is 14.9 Å². The van der Waals surface area contributed by atoms with Crippen LogP contribution in [0.1, 0.15) is 30.2 Å². The average molecular weight is 295 g/mol. The summed E-state index contributed by atoms with van der Waals surface area (Å²) in [5, 5.41) is 11.1. The van der Waals surface area contributed by atoms with Gasteiger partial charge in [0.2, 0.25) is 0 Å². The number of esters is 1. The lowest BCUT2D eigenvalue weighted by molar-refractivity contribution is -0.386. The van der Waals surface area contributed by atoms with E-state index >= 15 is 0 Å². The topological polar surface area (TPSA) is 85.6 Å². The molecule has 0 aliphatic carbocycles. The summed E-state index contributed by atoms with van der Waals surface area (Å²) in [6, 6.07) is 0. The SMILES string of the molecule is CCCN(CC(=O)OC)Cc1ncc(C)c([N+](=O)[O-])c1C. The lowest BCUT2D eigenvalue weighted by Gasteiger charge is -2.20. The number of aryl methyl sites for hydroxylation is 1. The van der Waals surface area contributed by atoms with Crippen LogP contribution in [0.15, 0.2) is 6.20 Å². The highest BCUT2D eigenvalue weighted by Gasteiger charge is 2.20. The van der Waals surface area contributed by atoms with E-state index in [1.807, 2.05) is 11.8 Å². The maximum absolute atomic E-state index is 11.4. The highest BCUT2D eigenvalue weighted by Crippen LogP contribution is 2.24. The molecule has 0 N–H and O–H groups in total. The molecule has 1 rings (SSSR count). The van der Waals surface area contributed by atoms with E-state index in [0.717, 1.165) is 6.42 Å². The van der Waals surface area contributed by atoms with E-state index in [1.54, 1.807) is 13.8 Å². The Hall–Kier alpha value is -2.02. The van der Waals surface area contributed by atoms with Gasteiger partial charge in [-0.1, -0.05) is 6.92 Å². The molecule has 0 unspecified atom stereocenters. The van der Waals surface area contributed by atoms with Crippen LogP contribution in [0.5, 0.6) is 0 Å². The predicted octanol–water partition coefficient (Wildman–Crippen LogP) is 1.99. The Morgan fingerprint density at radius 2 is 2.14 bits per heavy atom. The van der Waals surface area contributed by atoms with Gasteiger partial charge in [-0.25, -0.2) is 0 Å². The minimum absolute atomic E-state index is 0.0921. The molecule has 0 atom stereocenters. The van der Waals surface area contributed by atoms with Crippen LogP contribution in [0, 0.1) is 24.0 Å². The second kappa shape index (κ2) is 7.68. The number of nitro groups is 1. The normalized spacial score (nSPS) is 10.7. The quantitative estimate of drug-likeness (QED) is 0.434. The molecule has 1 aromatic rings. The molecule has 1 aromatic heterocycles. The summed E-state index contributed by atoms with van der Waals surface area (Å²) in [6.45, 7) is 6.58. The number of methoxy groups -OCH3 is 1. The number of carbonyl (C=O) groups excluding carboxylic acids is 1. The predicted molar refractivity (Wildman–Crippen MR) is 77.9 cm³/mol. The molecule has 0 radical (unpaired) electrons. The molecule has 0 aromatic carbocycles. The molecule has 1 heterocycles. The highest BCUT2D eigenvalue weighted by atomic mass is 16.6. The van der Waals surface area contributed by atoms with Crippen LogP contribution in [0.4, 0.5) is 5.69 Å². The summed E-state index contributed by atoms with van der Waals surface area (Å²) in [5.74, 6) is -0.331. The van der Waals surface area contributed by atoms with Crippen LogP contribution in [0.25, 0.3) is 0 Å². The summed E-state index contributed by atoms with van der Waals surface area (Å²) in [4.78, 5) is 28.3. The van der Waals surface area contributed by atoms with Crippen molar-refractivity contribution in [1.29, 1.82) is 0 Å². The van der Waals surface area contributed by atoms with Crippen molar-refractivity contribution in [2.24, 2.45) is 0 Å². The minimum atomic E-state index is -0.389. The van der Waals surface area contributed by atoms with E-state index in [4.69, 9.17) is 0 Å². The van der Waals surface area contributed by atoms with Crippen LogP contribution in [0.3, 0.4) is 0 Å². The molecule has 0 saturated heterocycles. The second-order valence-electron chi connectivity index (χ2n) is 4.91. The zero-order chi connectivity index (χ0) is 16.0. The first kappa shape index (κ1) is 17.0. The van der Waals surface area contributed by atoms with E-state index < -0.39 is 0 Å². The molecule has 0 saturated carbocycles. The van der Waals surface area contributed by atoms with Gasteiger partial charge in [-0.05, 0) is 26.8 Å². The number of hydrogen-bond acceptors (Lipinski definition) is 6. The zero-order valence-electron chi connectivity index (χ0n) is 12.9. The van der Waals surface area contributed by atoms with Gasteiger partial charge in [0.25, 0.3) is 5.69 Å². The number of pyridine rings is 1. The Labute approximate surface area is 124 Å². The lowest BCUT2D eigenvalue weighted by atomic mass is 10.1. The van der Waals surface area contributed by atoms with E-state index in [-0.39, 0.29) is 23.1 Å². The molecule has 0 bridgehead atoms. The van der Waals surface area contributed by atoms with Crippen molar-refractivity contribution < 1.29 is 14.5 Å². The standard InChI is InChI=1S/C14H21N3O4/c1-5-6-16(9-13(18)21-4)8-12-11(3)14(17(19)20)10(2)7-15-12/h7H,5-6,8-9H2,1-4H3. The van der Waals surface area contributed by atoms with Gasteiger partial charge in [0.05, 0.1) is 24.3 Å². The van der Waals surface area contributed by atoms with Crippen molar-refractivity contribution in [3.8, 4) is 0 Å². The first-order valence-electron chi connectivity index (χ1n) is 6.79.